The molecule has 0 fully saturated rings. The van der Waals surface area contributed by atoms with Gasteiger partial charge < -0.3 is 13.9 Å². The second-order valence-corrected chi connectivity index (χ2v) is 5.49. The number of carbonyl (C=O) groups excluding carboxylic acids is 1. The van der Waals surface area contributed by atoms with Gasteiger partial charge in [0.05, 0.1) is 25.5 Å². The number of halogens is 1. The zero-order chi connectivity index (χ0) is 17.8. The van der Waals surface area contributed by atoms with Gasteiger partial charge in [0, 0.05) is 5.39 Å². The second kappa shape index (κ2) is 7.27. The summed E-state index contributed by atoms with van der Waals surface area (Å²) in [5.74, 6) is 0.649. The fourth-order valence-corrected chi connectivity index (χ4v) is 2.62. The van der Waals surface area contributed by atoms with Gasteiger partial charge in [0.15, 0.2) is 17.3 Å². The number of ether oxygens (including phenoxy) is 2. The van der Waals surface area contributed by atoms with Crippen molar-refractivity contribution in [2.75, 3.05) is 14.2 Å². The van der Waals surface area contributed by atoms with Gasteiger partial charge in [-0.2, -0.15) is 5.10 Å². The normalized spacial score (nSPS) is 11.0. The molecule has 0 saturated heterocycles. The Bertz CT molecular complexity index is 916. The number of hydrogen-bond donors (Lipinski definition) is 1. The molecule has 6 nitrogen and oxygen atoms in total. The number of nitrogens with one attached hydrogen (secondary N) is 1. The number of para-hydroxylation sites is 1. The van der Waals surface area contributed by atoms with Crippen molar-refractivity contribution in [2.24, 2.45) is 5.10 Å². The molecule has 2 aromatic carbocycles. The van der Waals surface area contributed by atoms with Crippen molar-refractivity contribution in [3.8, 4) is 11.5 Å². The van der Waals surface area contributed by atoms with Gasteiger partial charge in [0.2, 0.25) is 0 Å². The van der Waals surface area contributed by atoms with Crippen LogP contribution in [0.1, 0.15) is 16.1 Å². The molecule has 1 N–H and O–H groups in total. The highest BCUT2D eigenvalue weighted by molar-refractivity contribution is 6.32. The number of nitrogens with zero attached hydrogens (tertiary/aromatic N) is 1. The van der Waals surface area contributed by atoms with Crippen molar-refractivity contribution in [1.29, 1.82) is 0 Å². The van der Waals surface area contributed by atoms with Gasteiger partial charge in [-0.25, -0.2) is 5.43 Å². The summed E-state index contributed by atoms with van der Waals surface area (Å²) in [4.78, 5) is 12.1. The van der Waals surface area contributed by atoms with Gasteiger partial charge in [-0.1, -0.05) is 29.8 Å². The van der Waals surface area contributed by atoms with E-state index in [1.807, 2.05) is 18.2 Å². The molecule has 1 heterocycles. The molecule has 3 rings (SSSR count). The molecule has 0 saturated carbocycles. The molecule has 0 radical (unpaired) electrons. The van der Waals surface area contributed by atoms with Crippen LogP contribution in [-0.4, -0.2) is 26.3 Å². The molecule has 7 heteroatoms. The van der Waals surface area contributed by atoms with E-state index >= 15 is 0 Å². The highest BCUT2D eigenvalue weighted by Crippen LogP contribution is 2.35. The van der Waals surface area contributed by atoms with E-state index < -0.39 is 5.91 Å². The van der Waals surface area contributed by atoms with Crippen LogP contribution in [0.3, 0.4) is 0 Å². The minimum absolute atomic E-state index is 0.184. The summed E-state index contributed by atoms with van der Waals surface area (Å²) in [7, 11) is 3.02. The van der Waals surface area contributed by atoms with Crippen LogP contribution in [0.25, 0.3) is 11.0 Å². The van der Waals surface area contributed by atoms with E-state index in [2.05, 4.69) is 10.5 Å². The number of hydrogen-bond acceptors (Lipinski definition) is 5. The van der Waals surface area contributed by atoms with Gasteiger partial charge in [-0.3, -0.25) is 4.79 Å². The lowest BCUT2D eigenvalue weighted by Crippen LogP contribution is -2.16. The Labute approximate surface area is 149 Å². The monoisotopic (exact) mass is 358 g/mol. The Morgan fingerprint density at radius 3 is 2.72 bits per heavy atom. The Hall–Kier alpha value is -2.99. The van der Waals surface area contributed by atoms with Crippen LogP contribution in [0.5, 0.6) is 11.5 Å². The van der Waals surface area contributed by atoms with Crippen molar-refractivity contribution in [3.05, 3.63) is 58.8 Å². The summed E-state index contributed by atoms with van der Waals surface area (Å²) in [6.45, 7) is 0. The summed E-state index contributed by atoms with van der Waals surface area (Å²) in [5, 5.41) is 5.15. The molecule has 0 atom stereocenters. The van der Waals surface area contributed by atoms with Crippen LogP contribution in [0.15, 0.2) is 52.0 Å². The van der Waals surface area contributed by atoms with Crippen LogP contribution in [-0.2, 0) is 0 Å². The molecule has 0 unspecified atom stereocenters. The quantitative estimate of drug-likeness (QED) is 0.555. The van der Waals surface area contributed by atoms with Crippen molar-refractivity contribution in [1.82, 2.24) is 5.43 Å². The molecule has 25 heavy (non-hydrogen) atoms. The molecular formula is C18H15ClN2O4. The van der Waals surface area contributed by atoms with E-state index in [-0.39, 0.29) is 5.76 Å². The number of carbonyl (C=O) groups is 1. The van der Waals surface area contributed by atoms with Crippen molar-refractivity contribution in [2.45, 2.75) is 0 Å². The van der Waals surface area contributed by atoms with E-state index in [0.717, 1.165) is 5.39 Å². The number of amides is 1. The zero-order valence-electron chi connectivity index (χ0n) is 13.6. The Morgan fingerprint density at radius 2 is 2.00 bits per heavy atom. The van der Waals surface area contributed by atoms with Gasteiger partial charge in [-0.05, 0) is 29.8 Å². The molecule has 128 valence electrons. The van der Waals surface area contributed by atoms with E-state index in [1.165, 1.54) is 20.4 Å². The van der Waals surface area contributed by atoms with Crippen molar-refractivity contribution < 1.29 is 18.7 Å². The summed E-state index contributed by atoms with van der Waals surface area (Å²) in [6, 6.07) is 12.4. The average molecular weight is 359 g/mol. The van der Waals surface area contributed by atoms with Crippen LogP contribution in [0.4, 0.5) is 0 Å². The number of benzene rings is 2. The molecule has 0 bridgehead atoms. The lowest BCUT2D eigenvalue weighted by atomic mass is 10.2. The maximum atomic E-state index is 12.1. The standard InChI is InChI=1S/C18H15ClN2O4/c1-23-15-8-11(7-13(19)17(15)24-2)10-20-21-18(22)16-9-12-5-3-4-6-14(12)25-16/h3-10H,1-2H3,(H,21,22)/b20-10+. The first kappa shape index (κ1) is 16.9. The molecule has 1 aromatic heterocycles. The third-order valence-corrected chi connectivity index (χ3v) is 3.77. The summed E-state index contributed by atoms with van der Waals surface area (Å²) >= 11 is 6.13. The van der Waals surface area contributed by atoms with E-state index in [9.17, 15) is 4.79 Å². The van der Waals surface area contributed by atoms with Gasteiger partial charge in [0.25, 0.3) is 0 Å². The maximum absolute atomic E-state index is 12.1. The first-order chi connectivity index (χ1) is 12.1. The number of methoxy groups -OCH3 is 2. The van der Waals surface area contributed by atoms with Crippen LogP contribution in [0, 0.1) is 0 Å². The Morgan fingerprint density at radius 1 is 1.20 bits per heavy atom. The topological polar surface area (TPSA) is 73.1 Å². The van der Waals surface area contributed by atoms with Crippen LogP contribution < -0.4 is 14.9 Å². The molecule has 0 aliphatic heterocycles. The SMILES string of the molecule is COc1cc(/C=N/NC(=O)c2cc3ccccc3o2)cc(Cl)c1OC. The Balaban J connectivity index is 1.74. The summed E-state index contributed by atoms with van der Waals surface area (Å²) in [5.41, 5.74) is 3.70. The third kappa shape index (κ3) is 3.59. The largest absolute Gasteiger partial charge is 0.493 e. The lowest BCUT2D eigenvalue weighted by Gasteiger charge is -2.09. The molecule has 0 aliphatic carbocycles. The van der Waals surface area contributed by atoms with Crippen molar-refractivity contribution in [3.63, 3.8) is 0 Å². The summed E-state index contributed by atoms with van der Waals surface area (Å²) in [6.07, 6.45) is 1.45. The fraction of sp³-hybridized carbons (Fsp3) is 0.111. The lowest BCUT2D eigenvalue weighted by molar-refractivity contribution is 0.0929. The zero-order valence-corrected chi connectivity index (χ0v) is 14.3. The molecular weight excluding hydrogens is 344 g/mol. The molecule has 1 amide bonds. The fourth-order valence-electron chi connectivity index (χ4n) is 2.33. The maximum Gasteiger partial charge on any atom is 0.307 e. The van der Waals surface area contributed by atoms with Crippen molar-refractivity contribution >= 4 is 34.7 Å². The van der Waals surface area contributed by atoms with Gasteiger partial charge >= 0.3 is 5.91 Å². The third-order valence-electron chi connectivity index (χ3n) is 3.48. The highest BCUT2D eigenvalue weighted by atomic mass is 35.5. The number of hydrazone groups is 1. The highest BCUT2D eigenvalue weighted by Gasteiger charge is 2.12. The first-order valence-electron chi connectivity index (χ1n) is 7.36. The number of furan rings is 1. The van der Waals surface area contributed by atoms with E-state index in [4.69, 9.17) is 25.5 Å². The number of rotatable bonds is 5. The second-order valence-electron chi connectivity index (χ2n) is 5.09. The van der Waals surface area contributed by atoms with Gasteiger partial charge in [-0.15, -0.1) is 0 Å². The summed E-state index contributed by atoms with van der Waals surface area (Å²) < 4.78 is 15.9. The molecule has 3 aromatic rings. The van der Waals surface area contributed by atoms with Crippen LogP contribution >= 0.6 is 11.6 Å². The minimum atomic E-state index is -0.445. The number of fused-ring (bicyclic) bond motifs is 1. The minimum Gasteiger partial charge on any atom is -0.493 e. The predicted molar refractivity (Wildman–Crippen MR) is 95.8 cm³/mol. The first-order valence-corrected chi connectivity index (χ1v) is 7.73. The van der Waals surface area contributed by atoms with Crippen LogP contribution in [0.2, 0.25) is 5.02 Å². The van der Waals surface area contributed by atoms with E-state index in [0.29, 0.717) is 27.7 Å². The smallest absolute Gasteiger partial charge is 0.307 e. The molecule has 0 spiro atoms. The van der Waals surface area contributed by atoms with E-state index in [1.54, 1.807) is 24.3 Å². The predicted octanol–water partition coefficient (Wildman–Crippen LogP) is 3.87. The average Bonchev–Trinajstić information content (AvgIpc) is 3.05. The van der Waals surface area contributed by atoms with Gasteiger partial charge in [0.1, 0.15) is 5.58 Å². The Kier molecular flexibility index (Phi) is 4.90. The molecule has 0 aliphatic rings.